The van der Waals surface area contributed by atoms with Gasteiger partial charge in [-0.15, -0.1) is 0 Å². The monoisotopic (exact) mass is 253 g/mol. The van der Waals surface area contributed by atoms with E-state index in [1.54, 1.807) is 30.4 Å². The van der Waals surface area contributed by atoms with Gasteiger partial charge in [0.2, 0.25) is 5.91 Å². The van der Waals surface area contributed by atoms with Crippen LogP contribution in [-0.4, -0.2) is 5.91 Å². The quantitative estimate of drug-likeness (QED) is 0.701. The largest absolute Gasteiger partial charge is 0.326 e. The molecule has 2 heteroatoms. The van der Waals surface area contributed by atoms with Gasteiger partial charge in [0.15, 0.2) is 0 Å². The minimum atomic E-state index is -0.100. The predicted molar refractivity (Wildman–Crippen MR) is 85.5 cm³/mol. The molecule has 0 aromatic rings. The van der Waals surface area contributed by atoms with E-state index in [9.17, 15) is 4.79 Å². The molecule has 0 aromatic heterocycles. The van der Waals surface area contributed by atoms with Gasteiger partial charge in [-0.2, -0.15) is 0 Å². The second-order valence-electron chi connectivity index (χ2n) is 2.13. The van der Waals surface area contributed by atoms with Crippen molar-refractivity contribution in [1.82, 2.24) is 5.32 Å². The highest BCUT2D eigenvalue weighted by Crippen LogP contribution is 1.92. The van der Waals surface area contributed by atoms with Crippen molar-refractivity contribution in [3.05, 3.63) is 49.2 Å². The summed E-state index contributed by atoms with van der Waals surface area (Å²) in [5, 5.41) is 2.63. The van der Waals surface area contributed by atoms with Gasteiger partial charge in [-0.3, -0.25) is 4.79 Å². The molecule has 0 saturated carbocycles. The molecule has 106 valence electrons. The summed E-state index contributed by atoms with van der Waals surface area (Å²) in [7, 11) is 0. The summed E-state index contributed by atoms with van der Waals surface area (Å²) in [5.41, 5.74) is 0.706. The van der Waals surface area contributed by atoms with Gasteiger partial charge in [0.25, 0.3) is 0 Å². The second kappa shape index (κ2) is 29.5. The fourth-order valence-electron chi connectivity index (χ4n) is 0.641. The van der Waals surface area contributed by atoms with Gasteiger partial charge in [-0.25, -0.2) is 0 Å². The van der Waals surface area contributed by atoms with Crippen molar-refractivity contribution in [2.45, 2.75) is 48.5 Å². The SMILES string of the molecule is C=C/C=C\C(=C/C=C)NC(C)=O.CC.CC.CC. The van der Waals surface area contributed by atoms with E-state index in [4.69, 9.17) is 0 Å². The van der Waals surface area contributed by atoms with Crippen LogP contribution in [0.5, 0.6) is 0 Å². The number of rotatable bonds is 4. The Bertz CT molecular complexity index is 237. The molecule has 1 N–H and O–H groups in total. The Morgan fingerprint density at radius 3 is 1.67 bits per heavy atom. The van der Waals surface area contributed by atoms with Crippen molar-refractivity contribution < 1.29 is 4.79 Å². The minimum Gasteiger partial charge on any atom is -0.326 e. The van der Waals surface area contributed by atoms with Gasteiger partial charge >= 0.3 is 0 Å². The molecule has 2 nitrogen and oxygen atoms in total. The van der Waals surface area contributed by atoms with Crippen LogP contribution in [0.2, 0.25) is 0 Å². The molecule has 0 aliphatic rings. The second-order valence-corrected chi connectivity index (χ2v) is 2.13. The number of amides is 1. The maximum atomic E-state index is 10.6. The van der Waals surface area contributed by atoms with E-state index in [0.29, 0.717) is 5.70 Å². The number of carbonyl (C=O) groups is 1. The smallest absolute Gasteiger partial charge is 0.221 e. The molecule has 0 unspecified atom stereocenters. The summed E-state index contributed by atoms with van der Waals surface area (Å²) >= 11 is 0. The lowest BCUT2D eigenvalue weighted by molar-refractivity contribution is -0.118. The van der Waals surface area contributed by atoms with E-state index < -0.39 is 0 Å². The number of carbonyl (C=O) groups excluding carboxylic acids is 1. The van der Waals surface area contributed by atoms with E-state index >= 15 is 0 Å². The topological polar surface area (TPSA) is 29.1 Å². The molecule has 1 amide bonds. The highest BCUT2D eigenvalue weighted by molar-refractivity contribution is 5.75. The van der Waals surface area contributed by atoms with Crippen LogP contribution in [0, 0.1) is 0 Å². The fraction of sp³-hybridized carbons (Fsp3) is 0.438. The molecule has 0 heterocycles. The van der Waals surface area contributed by atoms with Gasteiger partial charge in [0.05, 0.1) is 0 Å². The number of hydrogen-bond acceptors (Lipinski definition) is 1. The third-order valence-electron chi connectivity index (χ3n) is 1.03. The molecule has 0 bridgehead atoms. The van der Waals surface area contributed by atoms with Crippen LogP contribution in [0.25, 0.3) is 0 Å². The van der Waals surface area contributed by atoms with Crippen molar-refractivity contribution in [2.75, 3.05) is 0 Å². The first-order valence-electron chi connectivity index (χ1n) is 6.60. The molecule has 0 aromatic carbocycles. The van der Waals surface area contributed by atoms with Crippen LogP contribution in [0.15, 0.2) is 49.2 Å². The average Bonchev–Trinajstić information content (AvgIpc) is 2.42. The lowest BCUT2D eigenvalue weighted by Gasteiger charge is -1.99. The first-order valence-corrected chi connectivity index (χ1v) is 6.60. The van der Waals surface area contributed by atoms with Gasteiger partial charge in [-0.1, -0.05) is 72.9 Å². The fourth-order valence-corrected chi connectivity index (χ4v) is 0.641. The Kier molecular flexibility index (Phi) is 41.5. The third-order valence-corrected chi connectivity index (χ3v) is 1.03. The van der Waals surface area contributed by atoms with Gasteiger partial charge in [0.1, 0.15) is 0 Å². The lowest BCUT2D eigenvalue weighted by atomic mass is 10.3. The molecule has 0 radical (unpaired) electrons. The normalized spacial score (nSPS) is 8.50. The zero-order valence-electron chi connectivity index (χ0n) is 13.2. The molecule has 0 aliphatic heterocycles. The standard InChI is InChI=1S/C10H13NO.3C2H6/c1-4-6-8-10(7-5-2)11-9(3)12;3*1-2/h4-8H,1-2H2,3H3,(H,11,12);3*1-2H3/b8-6-,10-7+;;;. The van der Waals surface area contributed by atoms with Crippen LogP contribution in [0.3, 0.4) is 0 Å². The highest BCUT2D eigenvalue weighted by Gasteiger charge is 1.91. The summed E-state index contributed by atoms with van der Waals surface area (Å²) in [4.78, 5) is 10.6. The average molecular weight is 253 g/mol. The van der Waals surface area contributed by atoms with E-state index in [1.807, 2.05) is 41.5 Å². The molecule has 18 heavy (non-hydrogen) atoms. The summed E-state index contributed by atoms with van der Waals surface area (Å²) in [6.07, 6.45) is 8.44. The summed E-state index contributed by atoms with van der Waals surface area (Å²) < 4.78 is 0. The van der Waals surface area contributed by atoms with Gasteiger partial charge < -0.3 is 5.32 Å². The molecule has 0 rings (SSSR count). The number of allylic oxidation sites excluding steroid dienone is 5. The van der Waals surface area contributed by atoms with E-state index in [1.165, 1.54) is 6.92 Å². The zero-order valence-corrected chi connectivity index (χ0v) is 13.2. The van der Waals surface area contributed by atoms with Gasteiger partial charge in [0, 0.05) is 12.6 Å². The highest BCUT2D eigenvalue weighted by atomic mass is 16.1. The predicted octanol–water partition coefficient (Wildman–Crippen LogP) is 5.01. The Labute approximate surface area is 114 Å². The number of nitrogens with one attached hydrogen (secondary N) is 1. The molecule has 0 atom stereocenters. The van der Waals surface area contributed by atoms with Crippen molar-refractivity contribution in [2.24, 2.45) is 0 Å². The Balaban J connectivity index is -0.000000141. The molecule has 0 spiro atoms. The van der Waals surface area contributed by atoms with Crippen LogP contribution in [0.4, 0.5) is 0 Å². The Hall–Kier alpha value is -1.57. The minimum absolute atomic E-state index is 0.100. The van der Waals surface area contributed by atoms with Crippen LogP contribution < -0.4 is 5.32 Å². The molecular formula is C16H31NO. The summed E-state index contributed by atoms with van der Waals surface area (Å²) in [6.45, 7) is 20.5. The Morgan fingerprint density at radius 1 is 0.944 bits per heavy atom. The number of hydrogen-bond donors (Lipinski definition) is 1. The van der Waals surface area contributed by atoms with Crippen LogP contribution >= 0.6 is 0 Å². The maximum absolute atomic E-state index is 10.6. The summed E-state index contributed by atoms with van der Waals surface area (Å²) in [5.74, 6) is -0.100. The van der Waals surface area contributed by atoms with Crippen molar-refractivity contribution in [1.29, 1.82) is 0 Å². The molecule has 0 aliphatic carbocycles. The van der Waals surface area contributed by atoms with Crippen LogP contribution in [0.1, 0.15) is 48.5 Å². The van der Waals surface area contributed by atoms with Crippen molar-refractivity contribution in [3.8, 4) is 0 Å². The first-order chi connectivity index (χ1) is 8.70. The molecule has 0 fully saturated rings. The Morgan fingerprint density at radius 2 is 1.39 bits per heavy atom. The zero-order chi connectivity index (χ0) is 15.4. The summed E-state index contributed by atoms with van der Waals surface area (Å²) in [6, 6.07) is 0. The van der Waals surface area contributed by atoms with Crippen molar-refractivity contribution in [3.63, 3.8) is 0 Å². The van der Waals surface area contributed by atoms with Crippen molar-refractivity contribution >= 4 is 5.91 Å². The molecule has 0 saturated heterocycles. The van der Waals surface area contributed by atoms with Gasteiger partial charge in [-0.05, 0) is 12.2 Å². The van der Waals surface area contributed by atoms with E-state index in [2.05, 4.69) is 18.5 Å². The third kappa shape index (κ3) is 29.3. The van der Waals surface area contributed by atoms with Crippen LogP contribution in [-0.2, 0) is 4.79 Å². The lowest BCUT2D eigenvalue weighted by Crippen LogP contribution is -2.17. The van der Waals surface area contributed by atoms with E-state index in [-0.39, 0.29) is 5.91 Å². The first kappa shape index (κ1) is 25.3. The van der Waals surface area contributed by atoms with E-state index in [0.717, 1.165) is 0 Å². The maximum Gasteiger partial charge on any atom is 0.221 e. The molecular weight excluding hydrogens is 222 g/mol.